The Morgan fingerprint density at radius 2 is 1.70 bits per heavy atom. The van der Waals surface area contributed by atoms with Crippen LogP contribution < -0.4 is 9.47 Å². The van der Waals surface area contributed by atoms with Gasteiger partial charge in [0.1, 0.15) is 11.4 Å². The summed E-state index contributed by atoms with van der Waals surface area (Å²) in [5, 5.41) is 0. The van der Waals surface area contributed by atoms with E-state index >= 15 is 0 Å². The van der Waals surface area contributed by atoms with Crippen molar-refractivity contribution in [1.29, 1.82) is 0 Å². The Labute approximate surface area is 169 Å². The zero-order valence-corrected chi connectivity index (χ0v) is 18.0. The molecule has 146 valence electrons. The third-order valence-electron chi connectivity index (χ3n) is 3.53. The van der Waals surface area contributed by atoms with E-state index in [1.807, 2.05) is 57.2 Å². The van der Waals surface area contributed by atoms with E-state index in [2.05, 4.69) is 20.9 Å². The van der Waals surface area contributed by atoms with Gasteiger partial charge >= 0.3 is 5.97 Å². The number of hydrogen-bond acceptors (Lipinski definition) is 5. The first kappa shape index (κ1) is 21.2. The Hall–Kier alpha value is -2.08. The normalized spacial score (nSPS) is 11.8. The second kappa shape index (κ2) is 8.74. The van der Waals surface area contributed by atoms with E-state index in [4.69, 9.17) is 14.2 Å². The molecule has 27 heavy (non-hydrogen) atoms. The lowest BCUT2D eigenvalue weighted by Gasteiger charge is -2.29. The molecule has 0 saturated carbocycles. The molecule has 0 saturated heterocycles. The molecule has 0 fully saturated rings. The summed E-state index contributed by atoms with van der Waals surface area (Å²) >= 11 is 3.34. The molecule has 2 rings (SSSR count). The van der Waals surface area contributed by atoms with Crippen molar-refractivity contribution in [3.8, 4) is 11.6 Å². The van der Waals surface area contributed by atoms with E-state index in [1.54, 1.807) is 20.0 Å². The molecule has 5 nitrogen and oxygen atoms in total. The van der Waals surface area contributed by atoms with E-state index in [-0.39, 0.29) is 0 Å². The number of rotatable bonds is 7. The third kappa shape index (κ3) is 7.21. The largest absolute Gasteiger partial charge is 0.477 e. The number of hydrogen-bond donors (Lipinski definition) is 0. The molecular formula is C21H26BrNO4. The fourth-order valence-corrected chi connectivity index (χ4v) is 2.42. The van der Waals surface area contributed by atoms with Crippen LogP contribution in [0, 0.1) is 0 Å². The number of aromatic nitrogens is 1. The van der Waals surface area contributed by atoms with Crippen LogP contribution in [0.1, 0.15) is 40.2 Å². The second-order valence-electron chi connectivity index (χ2n) is 7.67. The maximum absolute atomic E-state index is 12.3. The number of ether oxygens (including phenoxy) is 3. The van der Waals surface area contributed by atoms with E-state index < -0.39 is 17.2 Å². The van der Waals surface area contributed by atoms with E-state index in [0.717, 1.165) is 16.5 Å². The summed E-state index contributed by atoms with van der Waals surface area (Å²) < 4.78 is 17.8. The zero-order chi connectivity index (χ0) is 20.1. The Bertz CT molecular complexity index is 749. The summed E-state index contributed by atoms with van der Waals surface area (Å²) in [5.74, 6) is 0.817. The summed E-state index contributed by atoms with van der Waals surface area (Å²) in [6.45, 7) is 9.44. The predicted molar refractivity (Wildman–Crippen MR) is 108 cm³/mol. The maximum Gasteiger partial charge on any atom is 0.350 e. The molecule has 2 aromatic rings. The third-order valence-corrected chi connectivity index (χ3v) is 4.00. The van der Waals surface area contributed by atoms with Gasteiger partial charge in [-0.2, -0.15) is 0 Å². The molecule has 0 spiro atoms. The highest BCUT2D eigenvalue weighted by Crippen LogP contribution is 2.22. The molecule has 0 amide bonds. The van der Waals surface area contributed by atoms with Crippen LogP contribution in [0.5, 0.6) is 11.6 Å². The predicted octanol–water partition coefficient (Wildman–Crippen LogP) is 4.96. The number of esters is 1. The molecule has 0 bridgehead atoms. The van der Waals surface area contributed by atoms with E-state index in [1.165, 1.54) is 0 Å². The number of nitrogens with zero attached hydrogens (tertiary/aromatic N) is 1. The SMILES string of the molecule is CC(C)(C)OC(=O)C(C)(C)Oc1ccc(CCOc2ccc(Br)cn2)cc1. The highest BCUT2D eigenvalue weighted by atomic mass is 79.9. The Balaban J connectivity index is 1.87. The monoisotopic (exact) mass is 435 g/mol. The second-order valence-corrected chi connectivity index (χ2v) is 8.59. The van der Waals surface area contributed by atoms with Gasteiger partial charge in [0.25, 0.3) is 0 Å². The fourth-order valence-electron chi connectivity index (χ4n) is 2.18. The number of carbonyl (C=O) groups is 1. The quantitative estimate of drug-likeness (QED) is 0.574. The molecule has 0 aliphatic rings. The number of benzene rings is 1. The summed E-state index contributed by atoms with van der Waals surface area (Å²) in [5.41, 5.74) is -0.509. The first-order valence-electron chi connectivity index (χ1n) is 8.81. The Morgan fingerprint density at radius 3 is 2.26 bits per heavy atom. The summed E-state index contributed by atoms with van der Waals surface area (Å²) in [7, 11) is 0. The molecule has 0 unspecified atom stereocenters. The molecule has 1 heterocycles. The minimum Gasteiger partial charge on any atom is -0.477 e. The molecule has 0 atom stereocenters. The molecule has 6 heteroatoms. The van der Waals surface area contributed by atoms with Gasteiger partial charge in [0, 0.05) is 23.2 Å². The summed E-state index contributed by atoms with van der Waals surface area (Å²) in [6, 6.07) is 11.3. The average molecular weight is 436 g/mol. The molecule has 0 aliphatic heterocycles. The highest BCUT2D eigenvalue weighted by Gasteiger charge is 2.34. The minimum absolute atomic E-state index is 0.394. The van der Waals surface area contributed by atoms with Crippen LogP contribution in [0.3, 0.4) is 0 Å². The van der Waals surface area contributed by atoms with Gasteiger partial charge in [-0.05, 0) is 74.3 Å². The lowest BCUT2D eigenvalue weighted by atomic mass is 10.1. The standard InChI is InChI=1S/C21H26BrNO4/c1-20(2,3)27-19(24)21(4,5)26-17-9-6-15(7-10-17)12-13-25-18-11-8-16(22)14-23-18/h6-11,14H,12-13H2,1-5H3. The Morgan fingerprint density at radius 1 is 1.04 bits per heavy atom. The van der Waals surface area contributed by atoms with Crippen LogP contribution in [0.2, 0.25) is 0 Å². The van der Waals surface area contributed by atoms with Crippen molar-refractivity contribution in [1.82, 2.24) is 4.98 Å². The number of pyridine rings is 1. The van der Waals surface area contributed by atoms with Gasteiger partial charge in [-0.1, -0.05) is 12.1 Å². The van der Waals surface area contributed by atoms with Crippen LogP contribution in [0.15, 0.2) is 47.1 Å². The van der Waals surface area contributed by atoms with Crippen LogP contribution in [0.4, 0.5) is 0 Å². The van der Waals surface area contributed by atoms with Crippen molar-refractivity contribution in [2.45, 2.75) is 52.2 Å². The summed E-state index contributed by atoms with van der Waals surface area (Å²) in [4.78, 5) is 16.4. The average Bonchev–Trinajstić information content (AvgIpc) is 2.56. The van der Waals surface area contributed by atoms with Crippen molar-refractivity contribution < 1.29 is 19.0 Å². The lowest BCUT2D eigenvalue weighted by Crippen LogP contribution is -2.43. The summed E-state index contributed by atoms with van der Waals surface area (Å²) in [6.07, 6.45) is 2.45. The number of carbonyl (C=O) groups excluding carboxylic acids is 1. The topological polar surface area (TPSA) is 57.7 Å². The maximum atomic E-state index is 12.3. The lowest BCUT2D eigenvalue weighted by molar-refractivity contribution is -0.170. The zero-order valence-electron chi connectivity index (χ0n) is 16.4. The molecule has 0 radical (unpaired) electrons. The molecule has 0 N–H and O–H groups in total. The van der Waals surface area contributed by atoms with Gasteiger partial charge in [-0.25, -0.2) is 9.78 Å². The van der Waals surface area contributed by atoms with Crippen LogP contribution in [0.25, 0.3) is 0 Å². The molecule has 1 aromatic carbocycles. The van der Waals surface area contributed by atoms with Crippen molar-refractivity contribution in [3.05, 3.63) is 52.6 Å². The van der Waals surface area contributed by atoms with Gasteiger partial charge < -0.3 is 14.2 Å². The van der Waals surface area contributed by atoms with Crippen LogP contribution in [-0.4, -0.2) is 28.8 Å². The van der Waals surface area contributed by atoms with Gasteiger partial charge in [0.15, 0.2) is 5.60 Å². The van der Waals surface area contributed by atoms with Crippen molar-refractivity contribution >= 4 is 21.9 Å². The van der Waals surface area contributed by atoms with E-state index in [0.29, 0.717) is 18.2 Å². The van der Waals surface area contributed by atoms with Crippen molar-refractivity contribution in [2.75, 3.05) is 6.61 Å². The van der Waals surface area contributed by atoms with Gasteiger partial charge in [-0.15, -0.1) is 0 Å². The number of halogens is 1. The highest BCUT2D eigenvalue weighted by molar-refractivity contribution is 9.10. The van der Waals surface area contributed by atoms with Crippen LogP contribution in [-0.2, 0) is 16.0 Å². The smallest absolute Gasteiger partial charge is 0.350 e. The van der Waals surface area contributed by atoms with Crippen molar-refractivity contribution in [3.63, 3.8) is 0 Å². The molecule has 1 aromatic heterocycles. The Kier molecular flexibility index (Phi) is 6.87. The van der Waals surface area contributed by atoms with Crippen LogP contribution >= 0.6 is 15.9 Å². The minimum atomic E-state index is -1.06. The van der Waals surface area contributed by atoms with Gasteiger partial charge in [0.05, 0.1) is 6.61 Å². The fraction of sp³-hybridized carbons (Fsp3) is 0.429. The molecule has 0 aliphatic carbocycles. The van der Waals surface area contributed by atoms with E-state index in [9.17, 15) is 4.79 Å². The first-order valence-corrected chi connectivity index (χ1v) is 9.60. The van der Waals surface area contributed by atoms with Gasteiger partial charge in [-0.3, -0.25) is 0 Å². The van der Waals surface area contributed by atoms with Gasteiger partial charge in [0.2, 0.25) is 5.88 Å². The first-order chi connectivity index (χ1) is 12.5. The van der Waals surface area contributed by atoms with Crippen molar-refractivity contribution in [2.24, 2.45) is 0 Å². The molecular weight excluding hydrogens is 410 g/mol.